The number of hydroxylamine groups is 2. The van der Waals surface area contributed by atoms with Gasteiger partial charge in [0, 0.05) is 43.6 Å². The normalized spacial score (nSPS) is 16.2. The number of fused-ring (bicyclic) bond motifs is 2. The number of benzene rings is 3. The Labute approximate surface area is 356 Å². The van der Waals surface area contributed by atoms with Crippen LogP contribution in [0.25, 0.3) is 10.2 Å². The van der Waals surface area contributed by atoms with Crippen LogP contribution >= 0.6 is 34.5 Å². The smallest absolute Gasteiger partial charge is 0.413 e. The van der Waals surface area contributed by atoms with Crippen LogP contribution in [0.1, 0.15) is 38.3 Å². The van der Waals surface area contributed by atoms with E-state index in [0.717, 1.165) is 34.1 Å². The summed E-state index contributed by atoms with van der Waals surface area (Å²) < 4.78 is 47.4. The molecule has 1 unspecified atom stereocenters. The molecule has 3 aromatic carbocycles. The highest BCUT2D eigenvalue weighted by atomic mass is 35.5. The fourth-order valence-electron chi connectivity index (χ4n) is 6.34. The number of allylic oxidation sites excluding steroid dienone is 3. The lowest BCUT2D eigenvalue weighted by molar-refractivity contribution is -0.871. The maximum absolute atomic E-state index is 14.3. The number of urea groups is 1. The predicted octanol–water partition coefficient (Wildman–Crippen LogP) is 7.91. The van der Waals surface area contributed by atoms with E-state index in [9.17, 15) is 32.7 Å². The molecule has 0 fully saturated rings. The van der Waals surface area contributed by atoms with Gasteiger partial charge in [-0.1, -0.05) is 76.0 Å². The second-order valence-corrected chi connectivity index (χ2v) is 16.0. The number of hydrogen-bond donors (Lipinski definition) is 4. The number of rotatable bonds is 15. The fraction of sp³-hybridized carbons (Fsp3) is 0.275. The molecule has 6 rings (SSSR count). The highest BCUT2D eigenvalue weighted by Crippen LogP contribution is 2.38. The molecule has 4 amide bonds. The Morgan fingerprint density at radius 1 is 1.00 bits per heavy atom. The molecule has 0 aliphatic carbocycles. The van der Waals surface area contributed by atoms with E-state index >= 15 is 0 Å². The van der Waals surface area contributed by atoms with Gasteiger partial charge >= 0.3 is 12.1 Å². The summed E-state index contributed by atoms with van der Waals surface area (Å²) in [5.41, 5.74) is 3.39. The van der Waals surface area contributed by atoms with Gasteiger partial charge in [0.1, 0.15) is 18.6 Å². The number of quaternary nitrogens is 1. The van der Waals surface area contributed by atoms with Crippen LogP contribution in [0, 0.1) is 17.5 Å². The van der Waals surface area contributed by atoms with Gasteiger partial charge in [0.2, 0.25) is 11.7 Å². The van der Waals surface area contributed by atoms with Crippen molar-refractivity contribution in [3.8, 4) is 0 Å². The second kappa shape index (κ2) is 18.9. The van der Waals surface area contributed by atoms with Gasteiger partial charge in [-0.2, -0.15) is 0 Å². The van der Waals surface area contributed by atoms with E-state index in [1.807, 2.05) is 6.07 Å². The van der Waals surface area contributed by atoms with E-state index in [1.165, 1.54) is 24.1 Å². The number of hydrogen-bond acceptors (Lipinski definition) is 10. The van der Waals surface area contributed by atoms with Crippen LogP contribution in [0.3, 0.4) is 0 Å². The van der Waals surface area contributed by atoms with Crippen LogP contribution in [0.15, 0.2) is 95.9 Å². The number of aliphatic hydroxyl groups is 1. The van der Waals surface area contributed by atoms with Crippen molar-refractivity contribution in [3.63, 3.8) is 0 Å². The number of halogens is 5. The van der Waals surface area contributed by atoms with Gasteiger partial charge in [0.05, 0.1) is 40.1 Å². The van der Waals surface area contributed by atoms with E-state index in [-0.39, 0.29) is 71.3 Å². The SMILES string of the molecule is CC(=O)N(CCON(C(=O)NCc1cccc(F)c1Cl)C1=N[N+]2([C@H](COC(=O)Nc3nc4cc(F)c(F)cc4s3)CC(C)(C)O)C=CC=CC2=C1)NCc1ccccc1Cl. The maximum atomic E-state index is 14.3. The standard InChI is InChI=1S/C40H39Cl2F3N8O6S/c1-24(54)51(47-22-25-9-4-5-12-29(25)41)14-16-59-52(38(55)46-21-26-10-8-13-30(43)36(26)42)35-17-27-11-6-7-15-53(27,50-35)28(20-40(2,3)57)23-58-39(56)49-37-48-33-18-31(44)32(45)19-34(33)60-37/h4-13,15,17-19,28,47,57H,14,16,20-23H2,1-3H3,(H-,46,48,49,55,56)/p+1/t28-,53?/m0/s1. The van der Waals surface area contributed by atoms with E-state index in [0.29, 0.717) is 21.0 Å². The summed E-state index contributed by atoms with van der Waals surface area (Å²) in [7, 11) is 0. The first-order chi connectivity index (χ1) is 28.5. The summed E-state index contributed by atoms with van der Waals surface area (Å²) in [6.45, 7) is 3.95. The minimum absolute atomic E-state index is 0.0124. The molecular weight excluding hydrogens is 848 g/mol. The molecular formula is C40H40Cl2F3N8O6S+. The fourth-order valence-corrected chi connectivity index (χ4v) is 7.59. The van der Waals surface area contributed by atoms with Gasteiger partial charge in [-0.15, -0.1) is 9.66 Å². The molecule has 2 atom stereocenters. The van der Waals surface area contributed by atoms with Crippen LogP contribution in [-0.2, 0) is 27.5 Å². The predicted molar refractivity (Wildman–Crippen MR) is 220 cm³/mol. The van der Waals surface area contributed by atoms with Crippen LogP contribution in [-0.4, -0.2) is 80.0 Å². The molecule has 14 nitrogen and oxygen atoms in total. The number of amides is 4. The monoisotopic (exact) mass is 887 g/mol. The van der Waals surface area contributed by atoms with Gasteiger partial charge in [-0.25, -0.2) is 33.2 Å². The van der Waals surface area contributed by atoms with Gasteiger partial charge < -0.3 is 15.2 Å². The number of anilines is 1. The first kappa shape index (κ1) is 44.2. The number of hydrazine groups is 1. The van der Waals surface area contributed by atoms with E-state index in [2.05, 4.69) is 21.0 Å². The Morgan fingerprint density at radius 2 is 1.75 bits per heavy atom. The van der Waals surface area contributed by atoms with Crippen molar-refractivity contribution >= 4 is 73.8 Å². The van der Waals surface area contributed by atoms with Crippen molar-refractivity contribution in [1.29, 1.82) is 0 Å². The largest absolute Gasteiger partial charge is 0.443 e. The third-order valence-corrected chi connectivity index (χ3v) is 10.9. The van der Waals surface area contributed by atoms with Crippen molar-refractivity contribution in [1.82, 2.24) is 25.8 Å². The topological polar surface area (TPSA) is 158 Å². The minimum atomic E-state index is -1.32. The molecule has 60 heavy (non-hydrogen) atoms. The Balaban J connectivity index is 1.24. The van der Waals surface area contributed by atoms with Crippen molar-refractivity contribution in [2.24, 2.45) is 5.10 Å². The summed E-state index contributed by atoms with van der Waals surface area (Å²) in [5, 5.41) is 23.7. The van der Waals surface area contributed by atoms with Crippen LogP contribution < -0.4 is 16.1 Å². The summed E-state index contributed by atoms with van der Waals surface area (Å²) in [6.07, 6.45) is 7.51. The van der Waals surface area contributed by atoms with Gasteiger partial charge in [0.15, 0.2) is 28.5 Å². The first-order valence-electron chi connectivity index (χ1n) is 18.4. The Kier molecular flexibility index (Phi) is 14.0. The molecule has 3 heterocycles. The van der Waals surface area contributed by atoms with Crippen LogP contribution in [0.5, 0.6) is 0 Å². The highest BCUT2D eigenvalue weighted by Gasteiger charge is 2.49. The molecule has 0 radical (unpaired) electrons. The molecule has 20 heteroatoms. The summed E-state index contributed by atoms with van der Waals surface area (Å²) in [6, 6.07) is 11.6. The Bertz CT molecular complexity index is 2370. The minimum Gasteiger partial charge on any atom is -0.443 e. The third kappa shape index (κ3) is 10.7. The second-order valence-electron chi connectivity index (χ2n) is 14.2. The van der Waals surface area contributed by atoms with Crippen molar-refractivity contribution < 1.29 is 46.8 Å². The number of carbonyl (C=O) groups excluding carboxylic acids is 3. The maximum Gasteiger partial charge on any atom is 0.413 e. The summed E-state index contributed by atoms with van der Waals surface area (Å²) in [4.78, 5) is 49.9. The zero-order chi connectivity index (χ0) is 43.2. The zero-order valence-electron chi connectivity index (χ0n) is 32.4. The number of carbonyl (C=O) groups is 3. The highest BCUT2D eigenvalue weighted by molar-refractivity contribution is 7.22. The van der Waals surface area contributed by atoms with Crippen molar-refractivity contribution in [3.05, 3.63) is 129 Å². The van der Waals surface area contributed by atoms with Gasteiger partial charge in [-0.05, 0) is 49.2 Å². The van der Waals surface area contributed by atoms with E-state index < -0.39 is 41.2 Å². The molecule has 0 saturated carbocycles. The summed E-state index contributed by atoms with van der Waals surface area (Å²) in [5.74, 6) is -3.17. The lowest BCUT2D eigenvalue weighted by Gasteiger charge is -2.37. The molecule has 0 saturated heterocycles. The molecule has 2 aliphatic heterocycles. The van der Waals surface area contributed by atoms with E-state index in [4.69, 9.17) is 37.9 Å². The Hall–Kier alpha value is -5.34. The molecule has 1 aromatic heterocycles. The average molecular weight is 889 g/mol. The molecule has 4 N–H and O–H groups in total. The Morgan fingerprint density at radius 3 is 2.50 bits per heavy atom. The van der Waals surface area contributed by atoms with Crippen LogP contribution in [0.2, 0.25) is 10.0 Å². The molecule has 0 spiro atoms. The third-order valence-electron chi connectivity index (χ3n) is 9.18. The van der Waals surface area contributed by atoms with Crippen molar-refractivity contribution in [2.75, 3.05) is 25.1 Å². The number of thiazole rings is 1. The van der Waals surface area contributed by atoms with Crippen LogP contribution in [0.4, 0.5) is 27.9 Å². The van der Waals surface area contributed by atoms with Gasteiger partial charge in [0.25, 0.3) is 0 Å². The number of nitrogens with one attached hydrogen (secondary N) is 3. The first-order valence-corrected chi connectivity index (χ1v) is 20.0. The van der Waals surface area contributed by atoms with Gasteiger partial charge in [-0.3, -0.25) is 20.0 Å². The number of aromatic nitrogens is 1. The molecule has 0 bridgehead atoms. The molecule has 4 aromatic rings. The molecule has 316 valence electrons. The number of nitrogens with zero attached hydrogens (tertiary/aromatic N) is 5. The van der Waals surface area contributed by atoms with E-state index in [1.54, 1.807) is 68.6 Å². The lowest BCUT2D eigenvalue weighted by atomic mass is 9.97. The molecule has 2 aliphatic rings. The zero-order valence-corrected chi connectivity index (χ0v) is 34.8. The lowest BCUT2D eigenvalue weighted by Crippen LogP contribution is -2.51. The summed E-state index contributed by atoms with van der Waals surface area (Å²) >= 11 is 13.4. The van der Waals surface area contributed by atoms with Crippen molar-refractivity contribution in [2.45, 2.75) is 51.9 Å². The average Bonchev–Trinajstić information content (AvgIpc) is 3.77. The quantitative estimate of drug-likeness (QED) is 0.0693. The number of ether oxygens (including phenoxy) is 1. The number of amidine groups is 1.